The van der Waals surface area contributed by atoms with Gasteiger partial charge >= 0.3 is 0 Å². The van der Waals surface area contributed by atoms with Gasteiger partial charge in [0.05, 0.1) is 5.56 Å². The molecule has 1 saturated heterocycles. The lowest BCUT2D eigenvalue weighted by atomic mass is 10.1. The molecule has 4 nitrogen and oxygen atoms in total. The number of nitrogens with zero attached hydrogens (tertiary/aromatic N) is 1. The third-order valence-electron chi connectivity index (χ3n) is 5.47. The van der Waals surface area contributed by atoms with Gasteiger partial charge in [0.15, 0.2) is 0 Å². The van der Waals surface area contributed by atoms with Gasteiger partial charge < -0.3 is 10.2 Å². The Hall–Kier alpha value is -2.04. The van der Waals surface area contributed by atoms with E-state index in [-0.39, 0.29) is 18.3 Å². The topological polar surface area (TPSA) is 49.4 Å². The Bertz CT molecular complexity index is 814. The summed E-state index contributed by atoms with van der Waals surface area (Å²) in [5.41, 5.74) is 3.37. The number of nitrogens with one attached hydrogen (secondary N) is 1. The van der Waals surface area contributed by atoms with Gasteiger partial charge in [-0.2, -0.15) is 0 Å². The Balaban J connectivity index is 0.00000320. The molecular formula is C24H30Cl2N2O2. The van der Waals surface area contributed by atoms with Crippen molar-refractivity contribution in [1.82, 2.24) is 5.32 Å². The zero-order chi connectivity index (χ0) is 20.5. The van der Waals surface area contributed by atoms with Crippen LogP contribution in [0.25, 0.3) is 0 Å². The molecule has 0 radical (unpaired) electrons. The van der Waals surface area contributed by atoms with Crippen molar-refractivity contribution >= 4 is 41.9 Å². The molecule has 3 rings (SSSR count). The summed E-state index contributed by atoms with van der Waals surface area (Å²) in [6.45, 7) is 2.49. The molecule has 1 fully saturated rings. The summed E-state index contributed by atoms with van der Waals surface area (Å²) < 4.78 is 0. The zero-order valence-electron chi connectivity index (χ0n) is 17.2. The van der Waals surface area contributed by atoms with Crippen LogP contribution in [-0.4, -0.2) is 31.8 Å². The average Bonchev–Trinajstić information content (AvgIpc) is 2.88. The molecule has 30 heavy (non-hydrogen) atoms. The quantitative estimate of drug-likeness (QED) is 0.575. The van der Waals surface area contributed by atoms with Gasteiger partial charge in [-0.05, 0) is 43.0 Å². The number of hydrogen-bond acceptors (Lipinski definition) is 3. The van der Waals surface area contributed by atoms with Crippen LogP contribution in [0.4, 0.5) is 5.69 Å². The molecule has 2 aromatic rings. The Labute approximate surface area is 190 Å². The van der Waals surface area contributed by atoms with Gasteiger partial charge in [-0.3, -0.25) is 9.59 Å². The Kier molecular flexibility index (Phi) is 10.2. The molecule has 162 valence electrons. The van der Waals surface area contributed by atoms with Gasteiger partial charge in [0.25, 0.3) is 5.91 Å². The lowest BCUT2D eigenvalue weighted by Crippen LogP contribution is -2.31. The summed E-state index contributed by atoms with van der Waals surface area (Å²) in [6, 6.07) is 13.1. The third-order valence-corrected chi connectivity index (χ3v) is 5.70. The lowest BCUT2D eigenvalue weighted by Gasteiger charge is -2.26. The largest absolute Gasteiger partial charge is 0.371 e. The monoisotopic (exact) mass is 448 g/mol. The maximum Gasteiger partial charge on any atom is 0.253 e. The van der Waals surface area contributed by atoms with Crippen LogP contribution in [0.1, 0.15) is 64.8 Å². The van der Waals surface area contributed by atoms with Gasteiger partial charge in [0.1, 0.15) is 6.29 Å². The summed E-state index contributed by atoms with van der Waals surface area (Å²) in [6.07, 6.45) is 8.94. The van der Waals surface area contributed by atoms with Gasteiger partial charge in [0.2, 0.25) is 0 Å². The number of amides is 1. The molecule has 2 aromatic carbocycles. The highest BCUT2D eigenvalue weighted by Gasteiger charge is 2.17. The molecule has 1 aliphatic heterocycles. The number of carbonyl (C=O) groups excluding carboxylic acids is 2. The maximum absolute atomic E-state index is 12.9. The van der Waals surface area contributed by atoms with Crippen LogP contribution >= 0.6 is 24.0 Å². The number of aldehydes is 1. The molecule has 0 bridgehead atoms. The summed E-state index contributed by atoms with van der Waals surface area (Å²) >= 11 is 6.22. The smallest absolute Gasteiger partial charge is 0.253 e. The van der Waals surface area contributed by atoms with E-state index in [0.717, 1.165) is 43.5 Å². The van der Waals surface area contributed by atoms with Gasteiger partial charge in [-0.25, -0.2) is 0 Å². The highest BCUT2D eigenvalue weighted by Crippen LogP contribution is 2.26. The van der Waals surface area contributed by atoms with Crippen molar-refractivity contribution in [2.24, 2.45) is 0 Å². The van der Waals surface area contributed by atoms with Crippen molar-refractivity contribution in [1.29, 1.82) is 0 Å². The predicted octanol–water partition coefficient (Wildman–Crippen LogP) is 5.71. The van der Waals surface area contributed by atoms with Gasteiger partial charge in [-0.1, -0.05) is 61.5 Å². The fraction of sp³-hybridized carbons (Fsp3) is 0.417. The van der Waals surface area contributed by atoms with Crippen LogP contribution in [0, 0.1) is 0 Å². The van der Waals surface area contributed by atoms with Crippen LogP contribution in [0.3, 0.4) is 0 Å². The van der Waals surface area contributed by atoms with E-state index in [4.69, 9.17) is 11.6 Å². The van der Waals surface area contributed by atoms with Crippen LogP contribution in [0.5, 0.6) is 0 Å². The van der Waals surface area contributed by atoms with Gasteiger partial charge in [-0.15, -0.1) is 12.4 Å². The molecule has 0 atom stereocenters. The summed E-state index contributed by atoms with van der Waals surface area (Å²) in [7, 11) is 0. The van der Waals surface area contributed by atoms with Crippen LogP contribution in [0.2, 0.25) is 5.02 Å². The average molecular weight is 449 g/mol. The van der Waals surface area contributed by atoms with E-state index in [2.05, 4.69) is 10.2 Å². The molecule has 1 amide bonds. The second-order valence-electron chi connectivity index (χ2n) is 7.64. The minimum atomic E-state index is -0.0908. The van der Waals surface area contributed by atoms with Crippen molar-refractivity contribution in [2.75, 3.05) is 24.5 Å². The minimum Gasteiger partial charge on any atom is -0.371 e. The van der Waals surface area contributed by atoms with Crippen molar-refractivity contribution in [3.63, 3.8) is 0 Å². The number of benzene rings is 2. The highest BCUT2D eigenvalue weighted by atomic mass is 35.5. The molecule has 0 spiro atoms. The number of halogens is 2. The fourth-order valence-corrected chi connectivity index (χ4v) is 3.98. The molecular weight excluding hydrogens is 419 g/mol. The number of rotatable bonds is 6. The SMILES string of the molecule is Cl.O=Cc1ccc(CCNC(=O)c2cc(Cl)ccc2N2CCCCCCCC2)cc1. The first-order valence-corrected chi connectivity index (χ1v) is 10.9. The van der Waals surface area contributed by atoms with Crippen molar-refractivity contribution < 1.29 is 9.59 Å². The third kappa shape index (κ3) is 7.03. The predicted molar refractivity (Wildman–Crippen MR) is 126 cm³/mol. The second-order valence-corrected chi connectivity index (χ2v) is 8.07. The van der Waals surface area contributed by atoms with Crippen molar-refractivity contribution in [3.05, 3.63) is 64.2 Å². The Morgan fingerprint density at radius 2 is 1.60 bits per heavy atom. The van der Waals surface area contributed by atoms with E-state index in [9.17, 15) is 9.59 Å². The summed E-state index contributed by atoms with van der Waals surface area (Å²) in [4.78, 5) is 26.0. The molecule has 6 heteroatoms. The first-order chi connectivity index (χ1) is 14.2. The molecule has 0 aliphatic carbocycles. The molecule has 0 saturated carbocycles. The number of hydrogen-bond donors (Lipinski definition) is 1. The molecule has 0 unspecified atom stereocenters. The van der Waals surface area contributed by atoms with Crippen LogP contribution in [-0.2, 0) is 6.42 Å². The number of carbonyl (C=O) groups is 2. The van der Waals surface area contributed by atoms with Crippen LogP contribution < -0.4 is 10.2 Å². The van der Waals surface area contributed by atoms with Crippen molar-refractivity contribution in [3.8, 4) is 0 Å². The van der Waals surface area contributed by atoms with E-state index >= 15 is 0 Å². The van der Waals surface area contributed by atoms with Gasteiger partial charge in [0, 0.05) is 35.9 Å². The molecule has 1 aliphatic rings. The lowest BCUT2D eigenvalue weighted by molar-refractivity contribution is 0.0954. The first-order valence-electron chi connectivity index (χ1n) is 10.5. The fourth-order valence-electron chi connectivity index (χ4n) is 3.81. The van der Waals surface area contributed by atoms with E-state index < -0.39 is 0 Å². The molecule has 0 aromatic heterocycles. The zero-order valence-corrected chi connectivity index (χ0v) is 18.8. The van der Waals surface area contributed by atoms with E-state index in [0.29, 0.717) is 29.1 Å². The minimum absolute atomic E-state index is 0. The molecule has 1 heterocycles. The van der Waals surface area contributed by atoms with Crippen LogP contribution in [0.15, 0.2) is 42.5 Å². The Morgan fingerprint density at radius 3 is 2.23 bits per heavy atom. The van der Waals surface area contributed by atoms with Crippen molar-refractivity contribution in [2.45, 2.75) is 44.9 Å². The highest BCUT2D eigenvalue weighted by molar-refractivity contribution is 6.31. The summed E-state index contributed by atoms with van der Waals surface area (Å²) in [5.74, 6) is -0.0908. The first kappa shape index (κ1) is 24.2. The molecule has 1 N–H and O–H groups in total. The standard InChI is InChI=1S/C24H29ClN2O2.ClH/c25-21-11-12-23(27-15-5-3-1-2-4-6-16-27)22(17-21)24(29)26-14-13-19-7-9-20(18-28)10-8-19;/h7-12,17-18H,1-6,13-16H2,(H,26,29);1H. The Morgan fingerprint density at radius 1 is 0.967 bits per heavy atom. The maximum atomic E-state index is 12.9. The van der Waals surface area contributed by atoms with E-state index in [1.165, 1.54) is 25.7 Å². The normalized spacial score (nSPS) is 14.6. The second kappa shape index (κ2) is 12.6. The summed E-state index contributed by atoms with van der Waals surface area (Å²) in [5, 5.41) is 3.61. The van der Waals surface area contributed by atoms with E-state index in [1.807, 2.05) is 24.3 Å². The number of anilines is 1. The van der Waals surface area contributed by atoms with E-state index in [1.54, 1.807) is 18.2 Å².